The number of hydrazone groups is 1. The Morgan fingerprint density at radius 2 is 1.90 bits per heavy atom. The summed E-state index contributed by atoms with van der Waals surface area (Å²) in [6, 6.07) is 10.6. The number of carbonyl (C=O) groups excluding carboxylic acids is 1. The minimum absolute atomic E-state index is 0.0347. The van der Waals surface area contributed by atoms with Crippen molar-refractivity contribution >= 4 is 44.0 Å². The second-order valence-corrected chi connectivity index (χ2v) is 8.12. The maximum Gasteiger partial charge on any atom is 0.280 e. The van der Waals surface area contributed by atoms with Crippen molar-refractivity contribution in [2.75, 3.05) is 6.61 Å². The summed E-state index contributed by atoms with van der Waals surface area (Å²) >= 11 is 6.58. The molecule has 1 amide bonds. The number of benzene rings is 2. The van der Waals surface area contributed by atoms with Crippen molar-refractivity contribution in [3.05, 3.63) is 50.9 Å². The summed E-state index contributed by atoms with van der Waals surface area (Å²) in [6.07, 6.45) is 3.95. The molecule has 0 saturated carbocycles. The molecule has 0 aromatic heterocycles. The number of ether oxygens (including phenoxy) is 2. The maximum absolute atomic E-state index is 12.2. The Hall–Kier alpha value is -2.06. The molecule has 1 unspecified atom stereocenters. The molecule has 0 bridgehead atoms. The highest BCUT2D eigenvalue weighted by molar-refractivity contribution is 9.11. The molecule has 8 heteroatoms. The van der Waals surface area contributed by atoms with Crippen LogP contribution in [0.3, 0.4) is 0 Å². The fourth-order valence-electron chi connectivity index (χ4n) is 2.35. The molecule has 6 nitrogen and oxygen atoms in total. The molecule has 0 spiro atoms. The third-order valence-corrected chi connectivity index (χ3v) is 5.02. The van der Waals surface area contributed by atoms with Gasteiger partial charge in [-0.05, 0) is 65.7 Å². The Kier molecular flexibility index (Phi) is 9.47. The van der Waals surface area contributed by atoms with E-state index in [1.54, 1.807) is 31.2 Å². The van der Waals surface area contributed by atoms with Crippen molar-refractivity contribution in [1.29, 1.82) is 0 Å². The number of phenolic OH excluding ortho intramolecular Hbond substituents is 1. The van der Waals surface area contributed by atoms with Crippen molar-refractivity contribution in [1.82, 2.24) is 5.43 Å². The van der Waals surface area contributed by atoms with Gasteiger partial charge in [0.15, 0.2) is 6.10 Å². The van der Waals surface area contributed by atoms with E-state index in [4.69, 9.17) is 9.47 Å². The number of amides is 1. The number of rotatable bonds is 10. The Morgan fingerprint density at radius 3 is 2.59 bits per heavy atom. The summed E-state index contributed by atoms with van der Waals surface area (Å²) in [5, 5.41) is 13.9. The number of carbonyl (C=O) groups is 1. The molecule has 29 heavy (non-hydrogen) atoms. The molecule has 0 aliphatic carbocycles. The van der Waals surface area contributed by atoms with Crippen LogP contribution in [0.4, 0.5) is 0 Å². The van der Waals surface area contributed by atoms with Gasteiger partial charge in [0.1, 0.15) is 17.2 Å². The van der Waals surface area contributed by atoms with Gasteiger partial charge in [0.05, 0.1) is 17.3 Å². The number of hydrogen-bond acceptors (Lipinski definition) is 5. The molecule has 0 heterocycles. The van der Waals surface area contributed by atoms with Crippen LogP contribution in [0.5, 0.6) is 17.2 Å². The SMILES string of the molecule is CCCCCOc1ccc(OC(C)C(=O)N/N=C\c2cc(Br)cc(Br)c2O)cc1. The fourth-order valence-corrected chi connectivity index (χ4v) is 3.61. The zero-order valence-electron chi connectivity index (χ0n) is 16.3. The first kappa shape index (κ1) is 23.2. The standard InChI is InChI=1S/C21H24Br2N2O4/c1-3-4-5-10-28-17-6-8-18(9-7-17)29-14(2)21(27)25-24-13-15-11-16(22)12-19(23)20(15)26/h6-9,11-14,26H,3-5,10H2,1-2H3,(H,25,27)/b24-13-. The van der Waals surface area contributed by atoms with Crippen molar-refractivity contribution in [2.45, 2.75) is 39.2 Å². The Morgan fingerprint density at radius 1 is 1.21 bits per heavy atom. The van der Waals surface area contributed by atoms with E-state index in [2.05, 4.69) is 49.3 Å². The van der Waals surface area contributed by atoms with Crippen LogP contribution in [0, 0.1) is 0 Å². The summed E-state index contributed by atoms with van der Waals surface area (Å²) in [4.78, 5) is 12.2. The van der Waals surface area contributed by atoms with Gasteiger partial charge in [0, 0.05) is 10.0 Å². The summed E-state index contributed by atoms with van der Waals surface area (Å²) in [5.41, 5.74) is 2.86. The van der Waals surface area contributed by atoms with E-state index in [1.165, 1.54) is 6.21 Å². The molecule has 0 aliphatic heterocycles. The normalized spacial score (nSPS) is 12.0. The summed E-state index contributed by atoms with van der Waals surface area (Å²) in [6.45, 7) is 4.47. The van der Waals surface area contributed by atoms with Gasteiger partial charge in [-0.15, -0.1) is 0 Å². The molecule has 2 rings (SSSR count). The van der Waals surface area contributed by atoms with E-state index in [1.807, 2.05) is 12.1 Å². The highest BCUT2D eigenvalue weighted by Crippen LogP contribution is 2.30. The number of phenols is 1. The summed E-state index contributed by atoms with van der Waals surface area (Å²) in [5.74, 6) is 0.962. The highest BCUT2D eigenvalue weighted by Gasteiger charge is 2.14. The van der Waals surface area contributed by atoms with Crippen LogP contribution in [0.2, 0.25) is 0 Å². The van der Waals surface area contributed by atoms with Crippen LogP contribution in [0.1, 0.15) is 38.7 Å². The lowest BCUT2D eigenvalue weighted by Crippen LogP contribution is -2.33. The second kappa shape index (κ2) is 11.8. The second-order valence-electron chi connectivity index (χ2n) is 6.35. The molecule has 156 valence electrons. The molecule has 2 aromatic rings. The third-order valence-electron chi connectivity index (χ3n) is 3.96. The zero-order chi connectivity index (χ0) is 21.2. The van der Waals surface area contributed by atoms with Crippen LogP contribution in [0.15, 0.2) is 50.4 Å². The number of hydrogen-bond donors (Lipinski definition) is 2. The largest absolute Gasteiger partial charge is 0.506 e. The van der Waals surface area contributed by atoms with Gasteiger partial charge in [-0.25, -0.2) is 5.43 Å². The zero-order valence-corrected chi connectivity index (χ0v) is 19.5. The molecular weight excluding hydrogens is 504 g/mol. The molecular formula is C21H24Br2N2O4. The minimum Gasteiger partial charge on any atom is -0.506 e. The van der Waals surface area contributed by atoms with Crippen molar-refractivity contribution in [2.24, 2.45) is 5.10 Å². The number of halogens is 2. The van der Waals surface area contributed by atoms with Crippen LogP contribution in [-0.2, 0) is 4.79 Å². The first-order valence-corrected chi connectivity index (χ1v) is 10.9. The summed E-state index contributed by atoms with van der Waals surface area (Å²) < 4.78 is 12.6. The molecule has 1 atom stereocenters. The van der Waals surface area contributed by atoms with E-state index < -0.39 is 12.0 Å². The van der Waals surface area contributed by atoms with Crippen LogP contribution < -0.4 is 14.9 Å². The predicted molar refractivity (Wildman–Crippen MR) is 121 cm³/mol. The van der Waals surface area contributed by atoms with Gasteiger partial charge in [0.2, 0.25) is 0 Å². The van der Waals surface area contributed by atoms with E-state index in [0.29, 0.717) is 22.4 Å². The Labute approximate surface area is 187 Å². The summed E-state index contributed by atoms with van der Waals surface area (Å²) in [7, 11) is 0. The maximum atomic E-state index is 12.2. The van der Waals surface area contributed by atoms with Crippen LogP contribution >= 0.6 is 31.9 Å². The molecule has 2 N–H and O–H groups in total. The number of nitrogens with one attached hydrogen (secondary N) is 1. The van der Waals surface area contributed by atoms with E-state index in [-0.39, 0.29) is 5.75 Å². The van der Waals surface area contributed by atoms with Gasteiger partial charge in [-0.3, -0.25) is 4.79 Å². The number of nitrogens with zero attached hydrogens (tertiary/aromatic N) is 1. The van der Waals surface area contributed by atoms with Gasteiger partial charge in [0.25, 0.3) is 5.91 Å². The number of aromatic hydroxyl groups is 1. The lowest BCUT2D eigenvalue weighted by Gasteiger charge is -2.13. The molecule has 0 aliphatic rings. The topological polar surface area (TPSA) is 80.2 Å². The first-order chi connectivity index (χ1) is 13.9. The van der Waals surface area contributed by atoms with E-state index in [0.717, 1.165) is 29.5 Å². The number of unbranched alkanes of at least 4 members (excludes halogenated alkanes) is 2. The van der Waals surface area contributed by atoms with Crippen molar-refractivity contribution < 1.29 is 19.4 Å². The van der Waals surface area contributed by atoms with Gasteiger partial charge in [-0.2, -0.15) is 5.10 Å². The third kappa shape index (κ3) is 7.70. The quantitative estimate of drug-likeness (QED) is 0.246. The average Bonchev–Trinajstić information content (AvgIpc) is 2.70. The molecule has 2 aromatic carbocycles. The predicted octanol–water partition coefficient (Wildman–Crippen LogP) is 5.40. The van der Waals surface area contributed by atoms with E-state index in [9.17, 15) is 9.90 Å². The van der Waals surface area contributed by atoms with Gasteiger partial charge in [-0.1, -0.05) is 35.7 Å². The molecule has 0 radical (unpaired) electrons. The Bertz CT molecular complexity index is 841. The highest BCUT2D eigenvalue weighted by atomic mass is 79.9. The average molecular weight is 528 g/mol. The lowest BCUT2D eigenvalue weighted by atomic mass is 10.2. The smallest absolute Gasteiger partial charge is 0.280 e. The lowest BCUT2D eigenvalue weighted by molar-refractivity contribution is -0.127. The van der Waals surface area contributed by atoms with Gasteiger partial charge >= 0.3 is 0 Å². The molecule has 0 fully saturated rings. The monoisotopic (exact) mass is 526 g/mol. The van der Waals surface area contributed by atoms with Crippen molar-refractivity contribution in [3.63, 3.8) is 0 Å². The van der Waals surface area contributed by atoms with Crippen LogP contribution in [-0.4, -0.2) is 29.9 Å². The van der Waals surface area contributed by atoms with E-state index >= 15 is 0 Å². The fraction of sp³-hybridized carbons (Fsp3) is 0.333. The van der Waals surface area contributed by atoms with Crippen LogP contribution in [0.25, 0.3) is 0 Å². The first-order valence-electron chi connectivity index (χ1n) is 9.31. The van der Waals surface area contributed by atoms with Crippen molar-refractivity contribution in [3.8, 4) is 17.2 Å². The minimum atomic E-state index is -0.744. The molecule has 0 saturated heterocycles. The Balaban J connectivity index is 1.84. The van der Waals surface area contributed by atoms with Gasteiger partial charge < -0.3 is 14.6 Å².